The van der Waals surface area contributed by atoms with Crippen LogP contribution in [0, 0.1) is 5.92 Å². The van der Waals surface area contributed by atoms with Crippen LogP contribution in [0.4, 0.5) is 5.69 Å². The first-order chi connectivity index (χ1) is 22.3. The number of carbonyl (C=O) groups excluding carboxylic acids is 1. The molecule has 7 N–H and O–H groups in total. The van der Waals surface area contributed by atoms with E-state index in [-0.39, 0.29) is 24.0 Å². The molecule has 1 aromatic heterocycles. The Balaban J connectivity index is 1.31. The molecule has 10 atom stereocenters. The number of nitrogens with one attached hydrogen (secondary N) is 1. The van der Waals surface area contributed by atoms with E-state index >= 15 is 0 Å². The van der Waals surface area contributed by atoms with Crippen molar-refractivity contribution in [1.29, 1.82) is 0 Å². The second-order valence-corrected chi connectivity index (χ2v) is 16.9. The van der Waals surface area contributed by atoms with Gasteiger partial charge in [0, 0.05) is 42.6 Å². The lowest BCUT2D eigenvalue weighted by atomic mass is 9.86. The van der Waals surface area contributed by atoms with Crippen LogP contribution >= 0.6 is 0 Å². The molecule has 2 aliphatic rings. The van der Waals surface area contributed by atoms with Gasteiger partial charge in [-0.25, -0.2) is 0 Å². The first-order valence-corrected chi connectivity index (χ1v) is 18.7. The summed E-state index contributed by atoms with van der Waals surface area (Å²) in [5.41, 5.74) is 2.38. The summed E-state index contributed by atoms with van der Waals surface area (Å²) in [6.07, 6.45) is -7.23. The second-order valence-electron chi connectivity index (χ2n) is 12.9. The molecule has 3 aromatic rings. The number of carbonyl (C=O) groups is 1. The molecule has 1 amide bonds. The van der Waals surface area contributed by atoms with Crippen molar-refractivity contribution in [2.24, 2.45) is 5.92 Å². The van der Waals surface area contributed by atoms with E-state index in [1.165, 1.54) is 0 Å². The molecule has 5 rings (SSSR count). The van der Waals surface area contributed by atoms with Crippen LogP contribution < -0.4 is 10.1 Å². The molecule has 47 heavy (non-hydrogen) atoms. The molecule has 14 nitrogen and oxygen atoms in total. The number of ether oxygens (including phenoxy) is 3. The van der Waals surface area contributed by atoms with Crippen molar-refractivity contribution >= 4 is 19.9 Å². The Labute approximate surface area is 273 Å². The van der Waals surface area contributed by atoms with Crippen molar-refractivity contribution in [3.05, 3.63) is 71.5 Å². The molecule has 15 heteroatoms. The number of benzene rings is 2. The van der Waals surface area contributed by atoms with Crippen molar-refractivity contribution < 1.29 is 49.3 Å². The summed E-state index contributed by atoms with van der Waals surface area (Å²) in [5, 5.41) is 61.1. The minimum Gasteiger partial charge on any atom is -0.490 e. The van der Waals surface area contributed by atoms with E-state index < -0.39 is 57.1 Å². The predicted molar refractivity (Wildman–Crippen MR) is 171 cm³/mol. The first kappa shape index (κ1) is 35.1. The molecule has 2 aromatic carbocycles. The van der Waals surface area contributed by atoms with Gasteiger partial charge in [0.2, 0.25) is 0 Å². The highest BCUT2D eigenvalue weighted by molar-refractivity contribution is 6.71. The maximum absolute atomic E-state index is 12.9. The standard InChI is InChI=1S/C32H44N4O10Si/c1-17-28(44-2)20-14-19(33-31(41)30-26(39)25(38)27(40)32(42)46-30)10-11-23(20)45-29(17)24(47(3,4)43)12-13-36-15-22(34-35-36)21(16-37)18-8-6-5-7-9-18/h5-11,14-15,17,21,24-30,32,37-40,42-43H,12-13,16H2,1-4H3,(H,33,41)/t17-,21?,24?,25-,26-,27+,28-,29-,30-,32+/m0/s1. The summed E-state index contributed by atoms with van der Waals surface area (Å²) in [6, 6.07) is 14.6. The van der Waals surface area contributed by atoms with Crippen molar-refractivity contribution in [2.75, 3.05) is 19.0 Å². The number of methoxy groups -OCH3 is 1. The Morgan fingerprint density at radius 3 is 2.47 bits per heavy atom. The number of rotatable bonds is 11. The highest BCUT2D eigenvalue weighted by atomic mass is 28.4. The number of amides is 1. The van der Waals surface area contributed by atoms with Gasteiger partial charge in [0.1, 0.15) is 30.2 Å². The number of aliphatic hydroxyl groups excluding tert-OH is 5. The number of aryl methyl sites for hydroxylation is 1. The second kappa shape index (κ2) is 14.5. The zero-order chi connectivity index (χ0) is 34.0. The molecular formula is C32H44N4O10Si. The van der Waals surface area contributed by atoms with Crippen LogP contribution in [0.2, 0.25) is 18.6 Å². The van der Waals surface area contributed by atoms with Crippen LogP contribution in [-0.2, 0) is 20.8 Å². The molecule has 2 aliphatic heterocycles. The minimum atomic E-state index is -2.82. The van der Waals surface area contributed by atoms with E-state index in [9.17, 15) is 35.1 Å². The van der Waals surface area contributed by atoms with Crippen LogP contribution in [0.1, 0.15) is 42.2 Å². The Morgan fingerprint density at radius 2 is 1.81 bits per heavy atom. The molecule has 0 radical (unpaired) electrons. The van der Waals surface area contributed by atoms with Gasteiger partial charge in [-0.05, 0) is 43.3 Å². The largest absolute Gasteiger partial charge is 0.490 e. The number of aliphatic hydroxyl groups is 5. The molecule has 256 valence electrons. The Kier molecular flexibility index (Phi) is 10.8. The van der Waals surface area contributed by atoms with E-state index in [0.29, 0.717) is 35.7 Å². The maximum atomic E-state index is 12.9. The lowest BCUT2D eigenvalue weighted by molar-refractivity contribution is -0.274. The molecule has 2 unspecified atom stereocenters. The van der Waals surface area contributed by atoms with Crippen LogP contribution in [0.5, 0.6) is 5.75 Å². The van der Waals surface area contributed by atoms with E-state index in [0.717, 1.165) is 5.56 Å². The zero-order valence-electron chi connectivity index (χ0n) is 26.7. The third kappa shape index (κ3) is 7.43. The fourth-order valence-corrected chi connectivity index (χ4v) is 8.59. The molecule has 0 spiro atoms. The van der Waals surface area contributed by atoms with Crippen molar-refractivity contribution in [2.45, 2.75) is 87.4 Å². The predicted octanol–water partition coefficient (Wildman–Crippen LogP) is 0.883. The van der Waals surface area contributed by atoms with Gasteiger partial charge in [-0.2, -0.15) is 0 Å². The molecule has 1 fully saturated rings. The number of anilines is 1. The molecular weight excluding hydrogens is 628 g/mol. The van der Waals surface area contributed by atoms with Crippen LogP contribution in [-0.4, -0.2) is 110 Å². The van der Waals surface area contributed by atoms with Crippen LogP contribution in [0.15, 0.2) is 54.7 Å². The molecule has 0 bridgehead atoms. The Hall–Kier alpha value is -3.25. The lowest BCUT2D eigenvalue weighted by Gasteiger charge is -2.44. The van der Waals surface area contributed by atoms with Crippen LogP contribution in [0.25, 0.3) is 0 Å². The summed E-state index contributed by atoms with van der Waals surface area (Å²) in [4.78, 5) is 24.4. The van der Waals surface area contributed by atoms with Gasteiger partial charge in [-0.15, -0.1) is 5.10 Å². The van der Waals surface area contributed by atoms with Gasteiger partial charge < -0.3 is 49.9 Å². The van der Waals surface area contributed by atoms with E-state index in [1.807, 2.05) is 56.5 Å². The van der Waals surface area contributed by atoms with Gasteiger partial charge in [0.05, 0.1) is 24.3 Å². The Morgan fingerprint density at radius 1 is 1.09 bits per heavy atom. The fourth-order valence-electron chi connectivity index (χ4n) is 6.57. The van der Waals surface area contributed by atoms with Gasteiger partial charge >= 0.3 is 0 Å². The quantitative estimate of drug-likeness (QED) is 0.142. The summed E-state index contributed by atoms with van der Waals surface area (Å²) in [5.74, 6) is -0.801. The molecule has 0 aliphatic carbocycles. The number of hydrogen-bond donors (Lipinski definition) is 7. The summed E-state index contributed by atoms with van der Waals surface area (Å²) in [7, 11) is -1.24. The van der Waals surface area contributed by atoms with Gasteiger partial charge in [0.15, 0.2) is 20.7 Å². The number of nitrogens with zero attached hydrogens (tertiary/aromatic N) is 3. The summed E-state index contributed by atoms with van der Waals surface area (Å²) < 4.78 is 19.3. The van der Waals surface area contributed by atoms with Crippen molar-refractivity contribution in [3.8, 4) is 5.75 Å². The first-order valence-electron chi connectivity index (χ1n) is 15.6. The molecule has 0 saturated carbocycles. The van der Waals surface area contributed by atoms with Gasteiger partial charge in [-0.3, -0.25) is 9.48 Å². The third-order valence-electron chi connectivity index (χ3n) is 9.21. The van der Waals surface area contributed by atoms with Crippen molar-refractivity contribution in [3.63, 3.8) is 0 Å². The van der Waals surface area contributed by atoms with Crippen molar-refractivity contribution in [1.82, 2.24) is 15.0 Å². The molecule has 1 saturated heterocycles. The van der Waals surface area contributed by atoms with Crippen LogP contribution in [0.3, 0.4) is 0 Å². The minimum absolute atomic E-state index is 0.106. The normalized spacial score (nSPS) is 29.0. The van der Waals surface area contributed by atoms with E-state index in [1.54, 1.807) is 30.0 Å². The fraction of sp³-hybridized carbons (Fsp3) is 0.531. The number of hydrogen-bond acceptors (Lipinski definition) is 12. The topological polar surface area (TPSA) is 209 Å². The van der Waals surface area contributed by atoms with E-state index in [4.69, 9.17) is 14.2 Å². The highest BCUT2D eigenvalue weighted by Crippen LogP contribution is 2.47. The van der Waals surface area contributed by atoms with Gasteiger partial charge in [0.25, 0.3) is 5.91 Å². The Bertz CT molecular complexity index is 1500. The molecule has 3 heterocycles. The van der Waals surface area contributed by atoms with E-state index in [2.05, 4.69) is 15.6 Å². The lowest BCUT2D eigenvalue weighted by Crippen LogP contribution is -2.60. The average Bonchev–Trinajstić information content (AvgIpc) is 3.50. The van der Waals surface area contributed by atoms with Gasteiger partial charge in [-0.1, -0.05) is 42.5 Å². The summed E-state index contributed by atoms with van der Waals surface area (Å²) in [6.45, 7) is 6.11. The zero-order valence-corrected chi connectivity index (χ0v) is 27.7. The maximum Gasteiger partial charge on any atom is 0.256 e. The number of aromatic nitrogens is 3. The summed E-state index contributed by atoms with van der Waals surface area (Å²) >= 11 is 0. The average molecular weight is 673 g/mol. The SMILES string of the molecule is CO[C@@H]1c2cc(NC(=O)[C@H]3O[C@@H](O)[C@H](O)[C@@H](O)[C@@H]3O)ccc2O[C@H](C(CCn2cc(C(CO)c3ccccc3)nn2)[Si](C)(C)O)[C@H]1C. The number of fused-ring (bicyclic) bond motifs is 1. The smallest absolute Gasteiger partial charge is 0.256 e. The third-order valence-corrected chi connectivity index (χ3v) is 11.6. The monoisotopic (exact) mass is 672 g/mol. The highest BCUT2D eigenvalue weighted by Gasteiger charge is 2.48.